The number of methoxy groups -OCH3 is 1. The van der Waals surface area contributed by atoms with Crippen molar-refractivity contribution in [1.29, 1.82) is 0 Å². The van der Waals surface area contributed by atoms with Gasteiger partial charge in [-0.15, -0.1) is 0 Å². The number of likely N-dealkylation sites (tertiary alicyclic amines) is 1. The second-order valence-electron chi connectivity index (χ2n) is 6.10. The molecule has 1 atom stereocenters. The molecule has 0 spiro atoms. The van der Waals surface area contributed by atoms with Crippen LogP contribution in [0.3, 0.4) is 0 Å². The van der Waals surface area contributed by atoms with Gasteiger partial charge in [0.2, 0.25) is 5.91 Å². The molecule has 0 radical (unpaired) electrons. The fraction of sp³-hybridized carbons (Fsp3) is 0.923. The molecular formula is C13H26N2O2. The minimum absolute atomic E-state index is 0.131. The highest BCUT2D eigenvalue weighted by atomic mass is 16.5. The van der Waals surface area contributed by atoms with Gasteiger partial charge >= 0.3 is 0 Å². The van der Waals surface area contributed by atoms with Crippen molar-refractivity contribution >= 4 is 5.91 Å². The summed E-state index contributed by atoms with van der Waals surface area (Å²) < 4.78 is 5.34. The van der Waals surface area contributed by atoms with Gasteiger partial charge in [0, 0.05) is 25.7 Å². The Labute approximate surface area is 104 Å². The zero-order chi connectivity index (χ0) is 13.3. The molecule has 1 fully saturated rings. The smallest absolute Gasteiger partial charge is 0.230 e. The summed E-state index contributed by atoms with van der Waals surface area (Å²) in [5.74, 6) is 0.131. The second-order valence-corrected chi connectivity index (χ2v) is 6.10. The Morgan fingerprint density at radius 3 is 2.41 bits per heavy atom. The molecule has 4 nitrogen and oxygen atoms in total. The van der Waals surface area contributed by atoms with Crippen molar-refractivity contribution in [3.8, 4) is 0 Å². The van der Waals surface area contributed by atoms with Crippen LogP contribution in [0, 0.1) is 5.41 Å². The van der Waals surface area contributed by atoms with E-state index in [9.17, 15) is 4.79 Å². The minimum atomic E-state index is -0.553. The minimum Gasteiger partial charge on any atom is -0.380 e. The molecule has 4 heteroatoms. The van der Waals surface area contributed by atoms with Gasteiger partial charge in [-0.2, -0.15) is 0 Å². The molecule has 0 saturated carbocycles. The molecule has 2 N–H and O–H groups in total. The SMILES string of the molecule is COC1CCCN(C(=O)C(C)(C)C(C)(C)N)C1. The van der Waals surface area contributed by atoms with Crippen LogP contribution in [0.5, 0.6) is 0 Å². The van der Waals surface area contributed by atoms with Crippen LogP contribution in [0.25, 0.3) is 0 Å². The number of nitrogens with two attached hydrogens (primary N) is 1. The normalized spacial score (nSPS) is 22.7. The summed E-state index contributed by atoms with van der Waals surface area (Å²) in [6.07, 6.45) is 2.21. The van der Waals surface area contributed by atoms with Gasteiger partial charge in [0.1, 0.15) is 0 Å². The third kappa shape index (κ3) is 2.99. The van der Waals surface area contributed by atoms with E-state index >= 15 is 0 Å². The van der Waals surface area contributed by atoms with E-state index in [4.69, 9.17) is 10.5 Å². The fourth-order valence-corrected chi connectivity index (χ4v) is 1.99. The lowest BCUT2D eigenvalue weighted by Crippen LogP contribution is -2.58. The Morgan fingerprint density at radius 2 is 1.94 bits per heavy atom. The average molecular weight is 242 g/mol. The number of carbonyl (C=O) groups is 1. The van der Waals surface area contributed by atoms with Crippen LogP contribution < -0.4 is 5.73 Å². The monoisotopic (exact) mass is 242 g/mol. The number of hydrogen-bond acceptors (Lipinski definition) is 3. The lowest BCUT2D eigenvalue weighted by atomic mass is 9.74. The van der Waals surface area contributed by atoms with Gasteiger partial charge in [0.05, 0.1) is 11.5 Å². The van der Waals surface area contributed by atoms with Crippen molar-refractivity contribution in [3.63, 3.8) is 0 Å². The Kier molecular flexibility index (Phi) is 4.20. The van der Waals surface area contributed by atoms with E-state index in [-0.39, 0.29) is 12.0 Å². The van der Waals surface area contributed by atoms with Crippen LogP contribution in [0.2, 0.25) is 0 Å². The van der Waals surface area contributed by atoms with Crippen LogP contribution in [-0.2, 0) is 9.53 Å². The van der Waals surface area contributed by atoms with E-state index in [1.807, 2.05) is 32.6 Å². The predicted molar refractivity (Wildman–Crippen MR) is 68.7 cm³/mol. The molecule has 1 saturated heterocycles. The number of carbonyl (C=O) groups excluding carboxylic acids is 1. The summed E-state index contributed by atoms with van der Waals surface area (Å²) in [7, 11) is 1.71. The van der Waals surface area contributed by atoms with Crippen molar-refractivity contribution in [2.75, 3.05) is 20.2 Å². The zero-order valence-electron chi connectivity index (χ0n) is 11.7. The highest BCUT2D eigenvalue weighted by molar-refractivity contribution is 5.83. The maximum Gasteiger partial charge on any atom is 0.230 e. The van der Waals surface area contributed by atoms with Gasteiger partial charge in [-0.05, 0) is 40.5 Å². The second kappa shape index (κ2) is 4.94. The molecule has 1 aliphatic heterocycles. The molecule has 0 aliphatic carbocycles. The maximum atomic E-state index is 12.5. The van der Waals surface area contributed by atoms with Crippen molar-refractivity contribution in [2.45, 2.75) is 52.2 Å². The van der Waals surface area contributed by atoms with Crippen LogP contribution >= 0.6 is 0 Å². The molecule has 0 bridgehead atoms. The molecule has 100 valence electrons. The Balaban J connectivity index is 2.76. The van der Waals surface area contributed by atoms with Gasteiger partial charge < -0.3 is 15.4 Å². The molecular weight excluding hydrogens is 216 g/mol. The zero-order valence-corrected chi connectivity index (χ0v) is 11.7. The summed E-state index contributed by atoms with van der Waals surface area (Å²) in [4.78, 5) is 14.4. The Bertz CT molecular complexity index is 282. The van der Waals surface area contributed by atoms with Crippen LogP contribution in [-0.4, -0.2) is 42.6 Å². The number of nitrogens with zero attached hydrogens (tertiary/aromatic N) is 1. The topological polar surface area (TPSA) is 55.6 Å². The predicted octanol–water partition coefficient (Wildman–Crippen LogP) is 1.39. The Morgan fingerprint density at radius 1 is 1.35 bits per heavy atom. The molecule has 17 heavy (non-hydrogen) atoms. The third-order valence-electron chi connectivity index (χ3n) is 4.14. The molecule has 1 heterocycles. The van der Waals surface area contributed by atoms with Gasteiger partial charge in [-0.25, -0.2) is 0 Å². The first-order chi connectivity index (χ1) is 7.70. The summed E-state index contributed by atoms with van der Waals surface area (Å²) in [5.41, 5.74) is 5.03. The van der Waals surface area contributed by atoms with E-state index < -0.39 is 11.0 Å². The first-order valence-corrected chi connectivity index (χ1v) is 6.31. The molecule has 0 aromatic rings. The van der Waals surface area contributed by atoms with Crippen LogP contribution in [0.4, 0.5) is 0 Å². The van der Waals surface area contributed by atoms with E-state index in [2.05, 4.69) is 0 Å². The highest BCUT2D eigenvalue weighted by Gasteiger charge is 2.43. The molecule has 1 unspecified atom stereocenters. The third-order valence-corrected chi connectivity index (χ3v) is 4.14. The van der Waals surface area contributed by atoms with E-state index in [0.29, 0.717) is 6.54 Å². The fourth-order valence-electron chi connectivity index (χ4n) is 1.99. The molecule has 1 rings (SSSR count). The van der Waals surface area contributed by atoms with Gasteiger partial charge in [-0.1, -0.05) is 0 Å². The van der Waals surface area contributed by atoms with Gasteiger partial charge in [0.15, 0.2) is 0 Å². The van der Waals surface area contributed by atoms with Crippen molar-refractivity contribution in [1.82, 2.24) is 4.90 Å². The van der Waals surface area contributed by atoms with Gasteiger partial charge in [0.25, 0.3) is 0 Å². The van der Waals surface area contributed by atoms with Crippen molar-refractivity contribution in [3.05, 3.63) is 0 Å². The molecule has 1 amide bonds. The highest BCUT2D eigenvalue weighted by Crippen LogP contribution is 2.31. The first-order valence-electron chi connectivity index (χ1n) is 6.31. The first kappa shape index (κ1) is 14.5. The number of piperidine rings is 1. The van der Waals surface area contributed by atoms with E-state index in [1.165, 1.54) is 0 Å². The summed E-state index contributed by atoms with van der Waals surface area (Å²) in [6.45, 7) is 9.16. The van der Waals surface area contributed by atoms with Crippen LogP contribution in [0.1, 0.15) is 40.5 Å². The van der Waals surface area contributed by atoms with E-state index in [0.717, 1.165) is 19.4 Å². The maximum absolute atomic E-state index is 12.5. The standard InChI is InChI=1S/C13H26N2O2/c1-12(2,13(3,4)14)11(16)15-8-6-7-10(9-15)17-5/h10H,6-9,14H2,1-5H3. The largest absolute Gasteiger partial charge is 0.380 e. The summed E-state index contributed by atoms with van der Waals surface area (Å²) >= 11 is 0. The van der Waals surface area contributed by atoms with E-state index in [1.54, 1.807) is 7.11 Å². The number of ether oxygens (including phenoxy) is 1. The summed E-state index contributed by atoms with van der Waals surface area (Å²) in [5, 5.41) is 0. The molecule has 0 aromatic carbocycles. The van der Waals surface area contributed by atoms with Crippen molar-refractivity contribution < 1.29 is 9.53 Å². The Hall–Kier alpha value is -0.610. The van der Waals surface area contributed by atoms with Crippen molar-refractivity contribution in [2.24, 2.45) is 11.1 Å². The summed E-state index contributed by atoms with van der Waals surface area (Å²) in [6, 6.07) is 0. The molecule has 0 aromatic heterocycles. The lowest BCUT2D eigenvalue weighted by molar-refractivity contribution is -0.147. The molecule has 1 aliphatic rings. The number of hydrogen-bond donors (Lipinski definition) is 1. The average Bonchev–Trinajstić information content (AvgIpc) is 2.26. The lowest BCUT2D eigenvalue weighted by Gasteiger charge is -2.43. The van der Waals surface area contributed by atoms with Gasteiger partial charge in [-0.3, -0.25) is 4.79 Å². The van der Waals surface area contributed by atoms with Crippen LogP contribution in [0.15, 0.2) is 0 Å². The number of rotatable bonds is 3. The quantitative estimate of drug-likeness (QED) is 0.813. The number of amides is 1.